The van der Waals surface area contributed by atoms with Crippen LogP contribution in [0.3, 0.4) is 0 Å². The number of hydrogen-bond donors (Lipinski definition) is 3. The molecule has 0 aromatic carbocycles. The first-order valence-electron chi connectivity index (χ1n) is 5.59. The van der Waals surface area contributed by atoms with E-state index < -0.39 is 10.0 Å². The van der Waals surface area contributed by atoms with Crippen molar-refractivity contribution in [1.29, 1.82) is 0 Å². The smallest absolute Gasteiger partial charge is 0.257 e. The van der Waals surface area contributed by atoms with E-state index in [1.165, 1.54) is 12.5 Å². The molecule has 7 nitrogen and oxygen atoms in total. The molecule has 0 bridgehead atoms. The molecule has 0 amide bonds. The van der Waals surface area contributed by atoms with Crippen molar-refractivity contribution in [3.63, 3.8) is 0 Å². The summed E-state index contributed by atoms with van der Waals surface area (Å²) in [6.07, 6.45) is 2.65. The van der Waals surface area contributed by atoms with E-state index in [0.717, 1.165) is 32.7 Å². The van der Waals surface area contributed by atoms with Crippen LogP contribution in [0.5, 0.6) is 0 Å². The zero-order valence-corrected chi connectivity index (χ0v) is 12.8. The molecule has 1 saturated heterocycles. The highest BCUT2D eigenvalue weighted by Crippen LogP contribution is 2.01. The van der Waals surface area contributed by atoms with Crippen LogP contribution in [-0.4, -0.2) is 62.6 Å². The Hall–Kier alpha value is -0.380. The minimum Gasteiger partial charge on any atom is -0.335 e. The summed E-state index contributed by atoms with van der Waals surface area (Å²) >= 11 is 0. The van der Waals surface area contributed by atoms with Crippen LogP contribution in [0.25, 0.3) is 0 Å². The van der Waals surface area contributed by atoms with Crippen molar-refractivity contribution in [3.8, 4) is 0 Å². The SMILES string of the molecule is Cl.Cl.O=S(=O)(NCCN1CCNCC1)c1cnc[nH]1. The van der Waals surface area contributed by atoms with E-state index in [1.54, 1.807) is 0 Å². The van der Waals surface area contributed by atoms with Crippen molar-refractivity contribution >= 4 is 34.8 Å². The Morgan fingerprint density at radius 1 is 1.32 bits per heavy atom. The summed E-state index contributed by atoms with van der Waals surface area (Å²) in [6.45, 7) is 5.01. The Labute approximate surface area is 125 Å². The molecule has 0 aliphatic carbocycles. The summed E-state index contributed by atoms with van der Waals surface area (Å²) in [5, 5.41) is 3.36. The third-order valence-electron chi connectivity index (χ3n) is 2.69. The van der Waals surface area contributed by atoms with E-state index >= 15 is 0 Å². The van der Waals surface area contributed by atoms with E-state index in [9.17, 15) is 8.42 Å². The third kappa shape index (κ3) is 5.64. The van der Waals surface area contributed by atoms with Crippen molar-refractivity contribution in [2.75, 3.05) is 39.3 Å². The normalized spacial score (nSPS) is 16.4. The Morgan fingerprint density at radius 3 is 2.58 bits per heavy atom. The van der Waals surface area contributed by atoms with Crippen molar-refractivity contribution in [1.82, 2.24) is 24.9 Å². The van der Waals surface area contributed by atoms with Crippen LogP contribution in [0.2, 0.25) is 0 Å². The molecular formula is C9H19Cl2N5O2S. The molecule has 1 aliphatic rings. The molecular weight excluding hydrogens is 313 g/mol. The lowest BCUT2D eigenvalue weighted by atomic mass is 10.3. The molecule has 0 saturated carbocycles. The number of piperazine rings is 1. The average molecular weight is 332 g/mol. The fourth-order valence-electron chi connectivity index (χ4n) is 1.74. The van der Waals surface area contributed by atoms with E-state index in [4.69, 9.17) is 0 Å². The highest BCUT2D eigenvalue weighted by Gasteiger charge is 2.15. The second kappa shape index (κ2) is 8.72. The first-order chi connectivity index (χ1) is 8.18. The predicted octanol–water partition coefficient (Wildman–Crippen LogP) is -0.563. The van der Waals surface area contributed by atoms with E-state index in [-0.39, 0.29) is 29.8 Å². The van der Waals surface area contributed by atoms with E-state index in [1.807, 2.05) is 0 Å². The second-order valence-electron chi connectivity index (χ2n) is 3.91. The fraction of sp³-hybridized carbons (Fsp3) is 0.667. The molecule has 10 heteroatoms. The molecule has 2 rings (SSSR count). The molecule has 1 aliphatic heterocycles. The highest BCUT2D eigenvalue weighted by atomic mass is 35.5. The maximum absolute atomic E-state index is 11.7. The van der Waals surface area contributed by atoms with Crippen molar-refractivity contribution in [2.45, 2.75) is 5.03 Å². The number of aromatic amines is 1. The van der Waals surface area contributed by atoms with Gasteiger partial charge in [0, 0.05) is 39.3 Å². The van der Waals surface area contributed by atoms with Gasteiger partial charge in [0.15, 0.2) is 5.03 Å². The monoisotopic (exact) mass is 331 g/mol. The summed E-state index contributed by atoms with van der Waals surface area (Å²) in [5.41, 5.74) is 0. The van der Waals surface area contributed by atoms with Gasteiger partial charge in [0.25, 0.3) is 10.0 Å². The lowest BCUT2D eigenvalue weighted by Gasteiger charge is -2.26. The zero-order valence-electron chi connectivity index (χ0n) is 10.3. The fourth-order valence-corrected chi connectivity index (χ4v) is 2.66. The summed E-state index contributed by atoms with van der Waals surface area (Å²) in [5.74, 6) is 0. The zero-order chi connectivity index (χ0) is 12.1. The summed E-state index contributed by atoms with van der Waals surface area (Å²) in [7, 11) is -3.43. The number of nitrogens with one attached hydrogen (secondary N) is 3. The van der Waals surface area contributed by atoms with Crippen LogP contribution in [-0.2, 0) is 10.0 Å². The minimum atomic E-state index is -3.43. The van der Waals surface area contributed by atoms with Gasteiger partial charge in [-0.1, -0.05) is 0 Å². The number of nitrogens with zero attached hydrogens (tertiary/aromatic N) is 2. The number of sulfonamides is 1. The maximum atomic E-state index is 11.7. The first kappa shape index (κ1) is 18.6. The standard InChI is InChI=1S/C9H17N5O2S.2ClH/c15-17(16,9-7-11-8-12-9)13-3-6-14-4-1-10-2-5-14;;/h7-8,10,13H,1-6H2,(H,11,12);2*1H. The largest absolute Gasteiger partial charge is 0.335 e. The van der Waals surface area contributed by atoms with Gasteiger partial charge in [-0.15, -0.1) is 24.8 Å². The Kier molecular flexibility index (Phi) is 8.55. The van der Waals surface area contributed by atoms with Gasteiger partial charge in [-0.2, -0.15) is 0 Å². The number of rotatable bonds is 5. The molecule has 2 heterocycles. The number of halogens is 2. The topological polar surface area (TPSA) is 90.1 Å². The minimum absolute atomic E-state index is 0. The van der Waals surface area contributed by atoms with Crippen LogP contribution in [0, 0.1) is 0 Å². The molecule has 19 heavy (non-hydrogen) atoms. The third-order valence-corrected chi connectivity index (χ3v) is 4.08. The lowest BCUT2D eigenvalue weighted by molar-refractivity contribution is 0.245. The molecule has 0 atom stereocenters. The second-order valence-corrected chi connectivity index (χ2v) is 5.64. The molecule has 1 aromatic heterocycles. The van der Waals surface area contributed by atoms with Gasteiger partial charge >= 0.3 is 0 Å². The molecule has 0 unspecified atom stereocenters. The van der Waals surface area contributed by atoms with Gasteiger partial charge in [-0.25, -0.2) is 18.1 Å². The molecule has 0 spiro atoms. The number of imidazole rings is 1. The van der Waals surface area contributed by atoms with Gasteiger partial charge in [0.2, 0.25) is 0 Å². The van der Waals surface area contributed by atoms with Crippen LogP contribution in [0.1, 0.15) is 0 Å². The van der Waals surface area contributed by atoms with Crippen LogP contribution in [0.4, 0.5) is 0 Å². The van der Waals surface area contributed by atoms with Crippen molar-refractivity contribution in [2.24, 2.45) is 0 Å². The molecule has 1 fully saturated rings. The van der Waals surface area contributed by atoms with Crippen LogP contribution < -0.4 is 10.0 Å². The maximum Gasteiger partial charge on any atom is 0.257 e. The van der Waals surface area contributed by atoms with Crippen molar-refractivity contribution in [3.05, 3.63) is 12.5 Å². The highest BCUT2D eigenvalue weighted by molar-refractivity contribution is 7.89. The van der Waals surface area contributed by atoms with E-state index in [0.29, 0.717) is 6.54 Å². The van der Waals surface area contributed by atoms with Gasteiger partial charge in [-0.05, 0) is 0 Å². The molecule has 1 aromatic rings. The summed E-state index contributed by atoms with van der Waals surface area (Å²) in [4.78, 5) is 8.50. The average Bonchev–Trinajstić information content (AvgIpc) is 2.84. The van der Waals surface area contributed by atoms with Gasteiger partial charge in [0.1, 0.15) is 0 Å². The first-order valence-corrected chi connectivity index (χ1v) is 7.08. The Balaban J connectivity index is 0.00000162. The van der Waals surface area contributed by atoms with Crippen LogP contribution in [0.15, 0.2) is 17.6 Å². The number of H-pyrrole nitrogens is 1. The summed E-state index contributed by atoms with van der Waals surface area (Å²) < 4.78 is 26.0. The quantitative estimate of drug-likeness (QED) is 0.672. The van der Waals surface area contributed by atoms with Gasteiger partial charge in [0.05, 0.1) is 12.5 Å². The van der Waals surface area contributed by atoms with E-state index in [2.05, 4.69) is 24.9 Å². The van der Waals surface area contributed by atoms with Crippen LogP contribution >= 0.6 is 24.8 Å². The molecule has 3 N–H and O–H groups in total. The molecule has 0 radical (unpaired) electrons. The Bertz CT molecular complexity index is 433. The predicted molar refractivity (Wildman–Crippen MR) is 77.6 cm³/mol. The molecule has 112 valence electrons. The number of hydrogen-bond acceptors (Lipinski definition) is 5. The Morgan fingerprint density at radius 2 is 2.00 bits per heavy atom. The lowest BCUT2D eigenvalue weighted by Crippen LogP contribution is -2.46. The summed E-state index contributed by atoms with van der Waals surface area (Å²) in [6, 6.07) is 0. The van der Waals surface area contributed by atoms with Gasteiger partial charge in [-0.3, -0.25) is 4.90 Å². The van der Waals surface area contributed by atoms with Gasteiger partial charge < -0.3 is 10.3 Å². The van der Waals surface area contributed by atoms with Crippen molar-refractivity contribution < 1.29 is 8.42 Å². The number of aromatic nitrogens is 2.